The van der Waals surface area contributed by atoms with E-state index < -0.39 is 23.7 Å². The van der Waals surface area contributed by atoms with Crippen molar-refractivity contribution in [3.8, 4) is 6.07 Å². The number of alkyl halides is 3. The van der Waals surface area contributed by atoms with Gasteiger partial charge in [0.1, 0.15) is 11.1 Å². The number of rotatable bonds is 5. The number of hydrogen-bond donors (Lipinski definition) is 2. The zero-order valence-electron chi connectivity index (χ0n) is 17.1. The molecule has 0 radical (unpaired) electrons. The van der Waals surface area contributed by atoms with Gasteiger partial charge in [-0.25, -0.2) is 4.79 Å². The van der Waals surface area contributed by atoms with E-state index in [1.165, 1.54) is 24.3 Å². The lowest BCUT2D eigenvalue weighted by atomic mass is 9.88. The van der Waals surface area contributed by atoms with Crippen LogP contribution in [-0.4, -0.2) is 30.8 Å². The van der Waals surface area contributed by atoms with Crippen molar-refractivity contribution >= 4 is 39.8 Å². The molecule has 0 spiro atoms. The molecule has 1 aliphatic rings. The van der Waals surface area contributed by atoms with Crippen LogP contribution in [0.5, 0.6) is 0 Å². The number of nitrogens with zero attached hydrogens (tertiary/aromatic N) is 1. The van der Waals surface area contributed by atoms with Gasteiger partial charge in [0.2, 0.25) is 0 Å². The van der Waals surface area contributed by atoms with Crippen LogP contribution >= 0.6 is 22.9 Å². The number of nitrogens with one attached hydrogen (secondary N) is 2. The Morgan fingerprint density at radius 2 is 2.00 bits per heavy atom. The van der Waals surface area contributed by atoms with Gasteiger partial charge in [-0.1, -0.05) is 30.7 Å². The number of methoxy groups -OCH3 is 1. The summed E-state index contributed by atoms with van der Waals surface area (Å²) in [4.78, 5) is 26.0. The third-order valence-electron chi connectivity index (χ3n) is 5.26. The first-order chi connectivity index (χ1) is 15.0. The van der Waals surface area contributed by atoms with Gasteiger partial charge in [-0.2, -0.15) is 18.4 Å². The molecule has 0 unspecified atom stereocenters. The molecule has 0 saturated carbocycles. The van der Waals surface area contributed by atoms with Crippen LogP contribution in [0, 0.1) is 17.2 Å². The minimum absolute atomic E-state index is 0.0291. The second-order valence-electron chi connectivity index (χ2n) is 7.47. The Balaban J connectivity index is 2.10. The molecule has 6 nitrogen and oxygen atoms in total. The molecular formula is C21H19ClF3N3O3S. The van der Waals surface area contributed by atoms with Gasteiger partial charge >= 0.3 is 17.8 Å². The molecule has 0 fully saturated rings. The topological polar surface area (TPSA) is 91.2 Å². The number of carbonyl (C=O) groups is 2. The van der Waals surface area contributed by atoms with Gasteiger partial charge in [0, 0.05) is 4.88 Å². The Kier molecular flexibility index (Phi) is 6.72. The number of benzene rings is 1. The maximum atomic E-state index is 14.4. The summed E-state index contributed by atoms with van der Waals surface area (Å²) in [5.74, 6) is -2.71. The smallest absolute Gasteiger partial charge is 0.441 e. The van der Waals surface area contributed by atoms with Gasteiger partial charge in [-0.05, 0) is 42.9 Å². The third kappa shape index (κ3) is 4.27. The Morgan fingerprint density at radius 3 is 2.59 bits per heavy atom. The number of carbonyl (C=O) groups excluding carboxylic acids is 2. The molecule has 2 atom stereocenters. The maximum absolute atomic E-state index is 14.4. The van der Waals surface area contributed by atoms with Gasteiger partial charge in [0.05, 0.1) is 23.3 Å². The molecule has 0 aliphatic heterocycles. The van der Waals surface area contributed by atoms with Crippen LogP contribution in [0.2, 0.25) is 5.02 Å². The van der Waals surface area contributed by atoms with Gasteiger partial charge in [0.15, 0.2) is 0 Å². The SMILES string of the molecule is COC(=O)[C@@](NC(=O)c1ccccc1Cl)(Nc1sc2c(c1C#N)CC[C@H](C)C2)C(F)(F)F. The van der Waals surface area contributed by atoms with E-state index in [0.29, 0.717) is 24.3 Å². The fraction of sp³-hybridized carbons (Fsp3) is 0.381. The number of hydrogen-bond acceptors (Lipinski definition) is 6. The van der Waals surface area contributed by atoms with E-state index in [1.54, 1.807) is 5.32 Å². The molecule has 2 N–H and O–H groups in total. The van der Waals surface area contributed by atoms with Crippen molar-refractivity contribution in [2.75, 3.05) is 12.4 Å². The molecule has 0 bridgehead atoms. The summed E-state index contributed by atoms with van der Waals surface area (Å²) in [6, 6.07) is 7.42. The van der Waals surface area contributed by atoms with E-state index in [2.05, 4.69) is 10.1 Å². The van der Waals surface area contributed by atoms with Crippen molar-refractivity contribution in [2.24, 2.45) is 5.92 Å². The maximum Gasteiger partial charge on any atom is 0.441 e. The van der Waals surface area contributed by atoms with Crippen molar-refractivity contribution in [3.63, 3.8) is 0 Å². The second-order valence-corrected chi connectivity index (χ2v) is 8.98. The second kappa shape index (κ2) is 9.00. The summed E-state index contributed by atoms with van der Waals surface area (Å²) in [5.41, 5.74) is -3.20. The standard InChI is InChI=1S/C21H19ClF3N3O3S/c1-11-7-8-12-14(10-26)18(32-16(12)9-11)28-20(19(30)31-2,21(23,24)25)27-17(29)13-5-3-4-6-15(13)22/h3-6,11,28H,7-9H2,1-2H3,(H,27,29)/t11-,20+/m0/s1. The number of amides is 1. The highest BCUT2D eigenvalue weighted by molar-refractivity contribution is 7.16. The van der Waals surface area contributed by atoms with Crippen LogP contribution in [0.25, 0.3) is 0 Å². The highest BCUT2D eigenvalue weighted by Crippen LogP contribution is 2.42. The first-order valence-electron chi connectivity index (χ1n) is 9.59. The zero-order valence-corrected chi connectivity index (χ0v) is 18.7. The van der Waals surface area contributed by atoms with Crippen molar-refractivity contribution in [3.05, 3.63) is 50.9 Å². The summed E-state index contributed by atoms with van der Waals surface area (Å²) in [5, 5.41) is 13.2. The molecule has 11 heteroatoms. The molecule has 1 aromatic carbocycles. The van der Waals surface area contributed by atoms with Gasteiger partial charge in [0.25, 0.3) is 5.91 Å². The summed E-state index contributed by atoms with van der Waals surface area (Å²) < 4.78 is 47.5. The van der Waals surface area contributed by atoms with Crippen molar-refractivity contribution in [2.45, 2.75) is 38.0 Å². The van der Waals surface area contributed by atoms with Crippen LogP contribution < -0.4 is 10.6 Å². The van der Waals surface area contributed by atoms with Crippen LogP contribution in [0.1, 0.15) is 39.7 Å². The summed E-state index contributed by atoms with van der Waals surface area (Å²) in [7, 11) is 0.776. The van der Waals surface area contributed by atoms with Crippen molar-refractivity contribution in [1.82, 2.24) is 5.32 Å². The number of thiophene rings is 1. The average molecular weight is 486 g/mol. The molecule has 1 amide bonds. The van der Waals surface area contributed by atoms with E-state index in [1.807, 2.05) is 13.0 Å². The molecule has 1 aromatic heterocycles. The van der Waals surface area contributed by atoms with E-state index >= 15 is 0 Å². The first kappa shape index (κ1) is 23.9. The molecule has 32 heavy (non-hydrogen) atoms. The minimum Gasteiger partial charge on any atom is -0.466 e. The number of ether oxygens (including phenoxy) is 1. The summed E-state index contributed by atoms with van der Waals surface area (Å²) >= 11 is 6.91. The Bertz CT molecular complexity index is 1100. The van der Waals surface area contributed by atoms with Gasteiger partial charge in [-0.15, -0.1) is 11.3 Å². The largest absolute Gasteiger partial charge is 0.466 e. The number of anilines is 1. The summed E-state index contributed by atoms with van der Waals surface area (Å²) in [6.45, 7) is 2.01. The molecule has 170 valence electrons. The fourth-order valence-electron chi connectivity index (χ4n) is 3.55. The summed E-state index contributed by atoms with van der Waals surface area (Å²) in [6.07, 6.45) is -3.37. The number of fused-ring (bicyclic) bond motifs is 1. The number of nitriles is 1. The lowest BCUT2D eigenvalue weighted by molar-refractivity contribution is -0.203. The minimum atomic E-state index is -5.32. The normalized spacial score (nSPS) is 17.5. The Hall–Kier alpha value is -2.77. The van der Waals surface area contributed by atoms with Gasteiger partial charge < -0.3 is 15.4 Å². The molecule has 1 heterocycles. The van der Waals surface area contributed by atoms with Crippen LogP contribution in [0.3, 0.4) is 0 Å². The van der Waals surface area contributed by atoms with E-state index in [-0.39, 0.29) is 21.2 Å². The van der Waals surface area contributed by atoms with E-state index in [0.717, 1.165) is 29.7 Å². The lowest BCUT2D eigenvalue weighted by Crippen LogP contribution is -2.69. The van der Waals surface area contributed by atoms with E-state index in [4.69, 9.17) is 11.6 Å². The highest BCUT2D eigenvalue weighted by atomic mass is 35.5. The monoisotopic (exact) mass is 485 g/mol. The zero-order chi connectivity index (χ0) is 23.7. The van der Waals surface area contributed by atoms with Crippen LogP contribution in [-0.2, 0) is 22.4 Å². The van der Waals surface area contributed by atoms with E-state index in [9.17, 15) is 28.0 Å². The first-order valence-corrected chi connectivity index (χ1v) is 10.8. The third-order valence-corrected chi connectivity index (χ3v) is 6.76. The predicted molar refractivity (Wildman–Crippen MR) is 114 cm³/mol. The highest BCUT2D eigenvalue weighted by Gasteiger charge is 2.64. The number of esters is 1. The van der Waals surface area contributed by atoms with Crippen molar-refractivity contribution in [1.29, 1.82) is 5.26 Å². The fourth-order valence-corrected chi connectivity index (χ4v) is 5.19. The molecule has 0 saturated heterocycles. The van der Waals surface area contributed by atoms with Crippen molar-refractivity contribution < 1.29 is 27.5 Å². The number of halogens is 4. The van der Waals surface area contributed by atoms with Crippen LogP contribution in [0.15, 0.2) is 24.3 Å². The molecule has 3 rings (SSSR count). The predicted octanol–water partition coefficient (Wildman–Crippen LogP) is 4.67. The van der Waals surface area contributed by atoms with Gasteiger partial charge in [-0.3, -0.25) is 4.79 Å². The lowest BCUT2D eigenvalue weighted by Gasteiger charge is -2.34. The molecular weight excluding hydrogens is 467 g/mol. The van der Waals surface area contributed by atoms with Crippen LogP contribution in [0.4, 0.5) is 18.2 Å². The average Bonchev–Trinajstić information content (AvgIpc) is 3.07. The quantitative estimate of drug-likeness (QED) is 0.474. The molecule has 1 aliphatic carbocycles. The molecule has 2 aromatic rings. The Morgan fingerprint density at radius 1 is 1.31 bits per heavy atom. The Labute approximate surface area is 191 Å².